The molecule has 2 aliphatic rings. The van der Waals surface area contributed by atoms with Gasteiger partial charge >= 0.3 is 5.97 Å². The summed E-state index contributed by atoms with van der Waals surface area (Å²) in [6, 6.07) is 0. The van der Waals surface area contributed by atoms with Crippen LogP contribution >= 0.6 is 0 Å². The number of hydrogen-bond donors (Lipinski definition) is 0. The summed E-state index contributed by atoms with van der Waals surface area (Å²) in [5.41, 5.74) is -0.302. The first-order valence-electron chi connectivity index (χ1n) is 7.37. The van der Waals surface area contributed by atoms with Crippen molar-refractivity contribution in [1.82, 2.24) is 4.90 Å². The van der Waals surface area contributed by atoms with Crippen LogP contribution in [-0.2, 0) is 9.53 Å². The summed E-state index contributed by atoms with van der Waals surface area (Å²) in [6.45, 7) is 7.33. The third kappa shape index (κ3) is 2.71. The van der Waals surface area contributed by atoms with Gasteiger partial charge in [0.25, 0.3) is 0 Å². The Morgan fingerprint density at radius 2 is 2.00 bits per heavy atom. The highest BCUT2D eigenvalue weighted by molar-refractivity contribution is 5.77. The van der Waals surface area contributed by atoms with Crippen LogP contribution in [0.25, 0.3) is 0 Å². The monoisotopic (exact) mass is 253 g/mol. The fraction of sp³-hybridized carbons (Fsp3) is 0.933. The van der Waals surface area contributed by atoms with E-state index in [4.69, 9.17) is 4.74 Å². The van der Waals surface area contributed by atoms with Crippen LogP contribution in [-0.4, -0.2) is 37.6 Å². The molecule has 0 N–H and O–H groups in total. The van der Waals surface area contributed by atoms with E-state index in [9.17, 15) is 4.79 Å². The number of hydrogen-bond acceptors (Lipinski definition) is 3. The van der Waals surface area contributed by atoms with Crippen LogP contribution in [0.15, 0.2) is 0 Å². The topological polar surface area (TPSA) is 29.5 Å². The van der Waals surface area contributed by atoms with Crippen LogP contribution in [0.1, 0.15) is 46.0 Å². The van der Waals surface area contributed by atoms with E-state index in [1.807, 2.05) is 0 Å². The number of esters is 1. The minimum atomic E-state index is -0.302. The summed E-state index contributed by atoms with van der Waals surface area (Å²) in [5, 5.41) is 0. The highest BCUT2D eigenvalue weighted by Gasteiger charge is 2.47. The van der Waals surface area contributed by atoms with Crippen LogP contribution in [0.4, 0.5) is 0 Å². The molecule has 1 heterocycles. The fourth-order valence-corrected chi connectivity index (χ4v) is 3.65. The summed E-state index contributed by atoms with van der Waals surface area (Å²) in [6.07, 6.45) is 6.94. The van der Waals surface area contributed by atoms with Crippen molar-refractivity contribution in [3.8, 4) is 0 Å². The molecule has 104 valence electrons. The summed E-state index contributed by atoms with van der Waals surface area (Å²) in [7, 11) is 1.50. The van der Waals surface area contributed by atoms with Crippen LogP contribution in [0.5, 0.6) is 0 Å². The summed E-state index contributed by atoms with van der Waals surface area (Å²) in [4.78, 5) is 14.4. The highest BCUT2D eigenvalue weighted by Crippen LogP contribution is 2.37. The van der Waals surface area contributed by atoms with Crippen LogP contribution in [0.3, 0.4) is 0 Å². The Labute approximate surface area is 111 Å². The Morgan fingerprint density at radius 1 is 1.33 bits per heavy atom. The minimum Gasteiger partial charge on any atom is -0.469 e. The first-order valence-corrected chi connectivity index (χ1v) is 7.37. The van der Waals surface area contributed by atoms with Gasteiger partial charge in [-0.2, -0.15) is 0 Å². The number of nitrogens with zero attached hydrogens (tertiary/aromatic N) is 1. The maximum Gasteiger partial charge on any atom is 0.313 e. The van der Waals surface area contributed by atoms with Crippen molar-refractivity contribution in [2.24, 2.45) is 17.3 Å². The number of carbonyl (C=O) groups is 1. The molecular weight excluding hydrogens is 226 g/mol. The van der Waals surface area contributed by atoms with E-state index < -0.39 is 0 Å². The van der Waals surface area contributed by atoms with E-state index >= 15 is 0 Å². The summed E-state index contributed by atoms with van der Waals surface area (Å²) >= 11 is 0. The lowest BCUT2D eigenvalue weighted by molar-refractivity contribution is -0.152. The Balaban J connectivity index is 1.91. The van der Waals surface area contributed by atoms with Crippen LogP contribution in [0, 0.1) is 17.3 Å². The zero-order valence-electron chi connectivity index (χ0n) is 12.1. The molecule has 3 heteroatoms. The SMILES string of the molecule is COC(=O)[C@]1(C)CN(CC2CCCCC2)C[C@H]1C. The van der Waals surface area contributed by atoms with Crippen molar-refractivity contribution in [1.29, 1.82) is 0 Å². The molecule has 2 atom stereocenters. The van der Waals surface area contributed by atoms with E-state index in [1.165, 1.54) is 45.8 Å². The molecule has 2 fully saturated rings. The third-order valence-corrected chi connectivity index (χ3v) is 5.06. The molecule has 0 bridgehead atoms. The van der Waals surface area contributed by atoms with E-state index in [1.54, 1.807) is 0 Å². The second kappa shape index (κ2) is 5.60. The van der Waals surface area contributed by atoms with Gasteiger partial charge in [0.1, 0.15) is 0 Å². The van der Waals surface area contributed by atoms with Crippen LogP contribution in [0.2, 0.25) is 0 Å². The lowest BCUT2D eigenvalue weighted by atomic mass is 9.81. The molecule has 0 aromatic carbocycles. The molecule has 0 spiro atoms. The lowest BCUT2D eigenvalue weighted by Crippen LogP contribution is -2.37. The number of ether oxygens (including phenoxy) is 1. The molecule has 3 nitrogen and oxygen atoms in total. The molecule has 0 aromatic rings. The molecule has 1 aliphatic carbocycles. The fourth-order valence-electron chi connectivity index (χ4n) is 3.65. The standard InChI is InChI=1S/C15H27NO2/c1-12-9-16(10-13-7-5-4-6-8-13)11-15(12,2)14(17)18-3/h12-13H,4-11H2,1-3H3/t12-,15-/m1/s1. The zero-order chi connectivity index (χ0) is 13.2. The van der Waals surface area contributed by atoms with Gasteiger partial charge in [-0.25, -0.2) is 0 Å². The largest absolute Gasteiger partial charge is 0.469 e. The van der Waals surface area contributed by atoms with Crippen molar-refractivity contribution >= 4 is 5.97 Å². The predicted molar refractivity (Wildman–Crippen MR) is 72.3 cm³/mol. The van der Waals surface area contributed by atoms with E-state index in [2.05, 4.69) is 18.7 Å². The van der Waals surface area contributed by atoms with Gasteiger partial charge in [0, 0.05) is 19.6 Å². The van der Waals surface area contributed by atoms with Gasteiger partial charge in [0.05, 0.1) is 12.5 Å². The molecule has 0 unspecified atom stereocenters. The summed E-state index contributed by atoms with van der Waals surface area (Å²) in [5.74, 6) is 1.21. The average Bonchev–Trinajstić information content (AvgIpc) is 2.66. The van der Waals surface area contributed by atoms with Gasteiger partial charge in [-0.15, -0.1) is 0 Å². The van der Waals surface area contributed by atoms with Gasteiger partial charge in [-0.05, 0) is 31.6 Å². The molecule has 0 amide bonds. The summed E-state index contributed by atoms with van der Waals surface area (Å²) < 4.78 is 4.98. The first-order chi connectivity index (χ1) is 8.56. The zero-order valence-corrected chi connectivity index (χ0v) is 12.1. The predicted octanol–water partition coefficient (Wildman–Crippen LogP) is 2.70. The molecule has 0 radical (unpaired) electrons. The van der Waals surface area contributed by atoms with Crippen molar-refractivity contribution < 1.29 is 9.53 Å². The van der Waals surface area contributed by atoms with Crippen molar-refractivity contribution in [2.75, 3.05) is 26.7 Å². The average molecular weight is 253 g/mol. The maximum absolute atomic E-state index is 11.9. The lowest BCUT2D eigenvalue weighted by Gasteiger charge is -2.28. The van der Waals surface area contributed by atoms with Crippen molar-refractivity contribution in [2.45, 2.75) is 46.0 Å². The molecule has 1 aliphatic heterocycles. The Morgan fingerprint density at radius 3 is 2.61 bits per heavy atom. The first kappa shape index (κ1) is 13.9. The maximum atomic E-state index is 11.9. The Kier molecular flexibility index (Phi) is 4.31. The molecule has 2 rings (SSSR count). The molecule has 1 saturated heterocycles. The van der Waals surface area contributed by atoms with Crippen molar-refractivity contribution in [3.63, 3.8) is 0 Å². The van der Waals surface area contributed by atoms with Crippen LogP contribution < -0.4 is 0 Å². The highest BCUT2D eigenvalue weighted by atomic mass is 16.5. The molecular formula is C15H27NO2. The number of likely N-dealkylation sites (tertiary alicyclic amines) is 1. The van der Waals surface area contributed by atoms with Gasteiger partial charge in [-0.1, -0.05) is 26.2 Å². The van der Waals surface area contributed by atoms with Gasteiger partial charge < -0.3 is 9.64 Å². The number of methoxy groups -OCH3 is 1. The third-order valence-electron chi connectivity index (χ3n) is 5.06. The van der Waals surface area contributed by atoms with Gasteiger partial charge in [-0.3, -0.25) is 4.79 Å². The minimum absolute atomic E-state index is 0.0406. The smallest absolute Gasteiger partial charge is 0.313 e. The Bertz CT molecular complexity index is 299. The quantitative estimate of drug-likeness (QED) is 0.724. The van der Waals surface area contributed by atoms with E-state index in [0.29, 0.717) is 5.92 Å². The molecule has 18 heavy (non-hydrogen) atoms. The second-order valence-electron chi connectivity index (χ2n) is 6.51. The Hall–Kier alpha value is -0.570. The molecule has 1 saturated carbocycles. The van der Waals surface area contributed by atoms with Gasteiger partial charge in [0.2, 0.25) is 0 Å². The second-order valence-corrected chi connectivity index (χ2v) is 6.51. The number of carbonyl (C=O) groups excluding carboxylic acids is 1. The number of rotatable bonds is 3. The van der Waals surface area contributed by atoms with Crippen molar-refractivity contribution in [3.05, 3.63) is 0 Å². The normalized spacial score (nSPS) is 34.7. The van der Waals surface area contributed by atoms with E-state index in [0.717, 1.165) is 19.0 Å². The molecule has 0 aromatic heterocycles. The van der Waals surface area contributed by atoms with Gasteiger partial charge in [0.15, 0.2) is 0 Å². The van der Waals surface area contributed by atoms with E-state index in [-0.39, 0.29) is 11.4 Å².